The molecule has 0 radical (unpaired) electrons. The van der Waals surface area contributed by atoms with Crippen molar-refractivity contribution in [3.05, 3.63) is 11.4 Å². The van der Waals surface area contributed by atoms with Gasteiger partial charge in [-0.05, 0) is 25.7 Å². The van der Waals surface area contributed by atoms with Crippen molar-refractivity contribution < 1.29 is 4.74 Å². The van der Waals surface area contributed by atoms with E-state index >= 15 is 0 Å². The average molecular weight is 264 g/mol. The van der Waals surface area contributed by atoms with Gasteiger partial charge in [0.15, 0.2) is 0 Å². The van der Waals surface area contributed by atoms with E-state index in [1.54, 1.807) is 0 Å². The molecule has 1 heterocycles. The largest absolute Gasteiger partial charge is 0.477 e. The molecule has 106 valence electrons. The molecule has 3 N–H and O–H groups in total. The zero-order chi connectivity index (χ0) is 13.8. The third-order valence-corrected chi connectivity index (χ3v) is 3.70. The van der Waals surface area contributed by atoms with Gasteiger partial charge in [-0.25, -0.2) is 10.8 Å². The van der Waals surface area contributed by atoms with E-state index in [2.05, 4.69) is 29.2 Å². The molecule has 0 saturated heterocycles. The molecule has 5 nitrogen and oxygen atoms in total. The topological polar surface area (TPSA) is 73.1 Å². The van der Waals surface area contributed by atoms with Crippen molar-refractivity contribution in [1.29, 1.82) is 0 Å². The van der Waals surface area contributed by atoms with Crippen LogP contribution in [0.5, 0.6) is 5.88 Å². The summed E-state index contributed by atoms with van der Waals surface area (Å²) in [4.78, 5) is 8.92. The molecule has 0 aliphatic heterocycles. The minimum Gasteiger partial charge on any atom is -0.477 e. The number of hydrazine groups is 1. The van der Waals surface area contributed by atoms with Crippen LogP contribution in [0.2, 0.25) is 0 Å². The summed E-state index contributed by atoms with van der Waals surface area (Å²) in [7, 11) is 0. The fourth-order valence-corrected chi connectivity index (χ4v) is 2.43. The first kappa shape index (κ1) is 14.1. The van der Waals surface area contributed by atoms with Crippen molar-refractivity contribution in [3.63, 3.8) is 0 Å². The lowest BCUT2D eigenvalue weighted by molar-refractivity contribution is 0.241. The number of rotatable bonds is 5. The van der Waals surface area contributed by atoms with E-state index in [4.69, 9.17) is 10.6 Å². The van der Waals surface area contributed by atoms with Crippen molar-refractivity contribution in [2.45, 2.75) is 52.4 Å². The maximum Gasteiger partial charge on any atom is 0.221 e. The highest BCUT2D eigenvalue weighted by atomic mass is 16.5. The molecule has 0 bridgehead atoms. The van der Waals surface area contributed by atoms with E-state index < -0.39 is 0 Å². The van der Waals surface area contributed by atoms with Gasteiger partial charge in [0.1, 0.15) is 11.6 Å². The Kier molecular flexibility index (Phi) is 4.58. The molecule has 0 spiro atoms. The number of nitrogen functional groups attached to an aromatic ring is 1. The maximum atomic E-state index is 5.91. The predicted molar refractivity (Wildman–Crippen MR) is 76.1 cm³/mol. The quantitative estimate of drug-likeness (QED) is 0.632. The Hall–Kier alpha value is -1.36. The fraction of sp³-hybridized carbons (Fsp3) is 0.714. The Morgan fingerprint density at radius 3 is 2.58 bits per heavy atom. The monoisotopic (exact) mass is 264 g/mol. The number of aromatic nitrogens is 2. The van der Waals surface area contributed by atoms with Gasteiger partial charge in [-0.15, -0.1) is 0 Å². The van der Waals surface area contributed by atoms with E-state index in [0.29, 0.717) is 17.6 Å². The number of anilines is 1. The van der Waals surface area contributed by atoms with E-state index in [-0.39, 0.29) is 5.92 Å². The molecule has 1 fully saturated rings. The van der Waals surface area contributed by atoms with Crippen molar-refractivity contribution in [3.8, 4) is 5.88 Å². The van der Waals surface area contributed by atoms with Crippen LogP contribution in [0.1, 0.15) is 56.8 Å². The number of nitrogens with zero attached hydrogens (tertiary/aromatic N) is 2. The highest BCUT2D eigenvalue weighted by molar-refractivity contribution is 5.47. The molecule has 0 amide bonds. The van der Waals surface area contributed by atoms with Gasteiger partial charge in [0.2, 0.25) is 5.88 Å². The van der Waals surface area contributed by atoms with Crippen LogP contribution in [0, 0.1) is 12.8 Å². The van der Waals surface area contributed by atoms with Crippen LogP contribution in [-0.2, 0) is 0 Å². The lowest BCUT2D eigenvalue weighted by Gasteiger charge is -2.16. The molecule has 0 aromatic carbocycles. The molecular formula is C14H24N4O. The summed E-state index contributed by atoms with van der Waals surface area (Å²) >= 11 is 0. The van der Waals surface area contributed by atoms with E-state index in [9.17, 15) is 0 Å². The van der Waals surface area contributed by atoms with Crippen LogP contribution in [-0.4, -0.2) is 16.6 Å². The van der Waals surface area contributed by atoms with E-state index in [1.807, 2.05) is 6.92 Å². The predicted octanol–water partition coefficient (Wildman–Crippen LogP) is 2.76. The lowest BCUT2D eigenvalue weighted by atomic mass is 10.1. The van der Waals surface area contributed by atoms with E-state index in [0.717, 1.165) is 18.0 Å². The SMILES string of the molecule is Cc1c(NN)nc(C(C)C)nc1OCC1CCCC1. The van der Waals surface area contributed by atoms with Crippen LogP contribution in [0.15, 0.2) is 0 Å². The van der Waals surface area contributed by atoms with Gasteiger partial charge < -0.3 is 10.2 Å². The molecule has 1 aliphatic rings. The van der Waals surface area contributed by atoms with Gasteiger partial charge >= 0.3 is 0 Å². The number of hydrogen-bond donors (Lipinski definition) is 2. The minimum absolute atomic E-state index is 0.251. The molecule has 1 saturated carbocycles. The summed E-state index contributed by atoms with van der Waals surface area (Å²) < 4.78 is 5.91. The van der Waals surface area contributed by atoms with Crippen LogP contribution in [0.4, 0.5) is 5.82 Å². The molecule has 0 atom stereocenters. The molecular weight excluding hydrogens is 240 g/mol. The first-order valence-corrected chi connectivity index (χ1v) is 7.09. The second kappa shape index (κ2) is 6.19. The summed E-state index contributed by atoms with van der Waals surface area (Å²) in [6, 6.07) is 0. The Morgan fingerprint density at radius 1 is 1.32 bits per heavy atom. The Morgan fingerprint density at radius 2 is 2.00 bits per heavy atom. The summed E-state index contributed by atoms with van der Waals surface area (Å²) in [5.41, 5.74) is 3.51. The van der Waals surface area contributed by atoms with Gasteiger partial charge in [0.05, 0.1) is 12.2 Å². The van der Waals surface area contributed by atoms with Gasteiger partial charge in [0.25, 0.3) is 0 Å². The van der Waals surface area contributed by atoms with E-state index in [1.165, 1.54) is 25.7 Å². The Bertz CT molecular complexity index is 428. The molecule has 19 heavy (non-hydrogen) atoms. The van der Waals surface area contributed by atoms with Crippen LogP contribution < -0.4 is 16.0 Å². The number of nitrogens with two attached hydrogens (primary N) is 1. The zero-order valence-corrected chi connectivity index (χ0v) is 12.1. The smallest absolute Gasteiger partial charge is 0.221 e. The van der Waals surface area contributed by atoms with Gasteiger partial charge in [-0.3, -0.25) is 0 Å². The second-order valence-electron chi connectivity index (χ2n) is 5.62. The normalized spacial score (nSPS) is 16.1. The van der Waals surface area contributed by atoms with Gasteiger partial charge in [0, 0.05) is 5.92 Å². The van der Waals surface area contributed by atoms with Crippen molar-refractivity contribution in [2.24, 2.45) is 11.8 Å². The van der Waals surface area contributed by atoms with Crippen LogP contribution in [0.25, 0.3) is 0 Å². The summed E-state index contributed by atoms with van der Waals surface area (Å²) in [5.74, 6) is 8.52. The van der Waals surface area contributed by atoms with Crippen LogP contribution >= 0.6 is 0 Å². The molecule has 0 unspecified atom stereocenters. The first-order valence-electron chi connectivity index (χ1n) is 7.09. The number of nitrogens with one attached hydrogen (secondary N) is 1. The highest BCUT2D eigenvalue weighted by Crippen LogP contribution is 2.28. The molecule has 2 rings (SSSR count). The zero-order valence-electron chi connectivity index (χ0n) is 12.1. The number of hydrogen-bond acceptors (Lipinski definition) is 5. The summed E-state index contributed by atoms with van der Waals surface area (Å²) in [6.45, 7) is 6.81. The first-order chi connectivity index (χ1) is 9.11. The second-order valence-corrected chi connectivity index (χ2v) is 5.62. The summed E-state index contributed by atoms with van der Waals surface area (Å²) in [5, 5.41) is 0. The third-order valence-electron chi connectivity index (χ3n) is 3.70. The maximum absolute atomic E-state index is 5.91. The highest BCUT2D eigenvalue weighted by Gasteiger charge is 2.18. The van der Waals surface area contributed by atoms with Crippen molar-refractivity contribution in [1.82, 2.24) is 9.97 Å². The van der Waals surface area contributed by atoms with Crippen molar-refractivity contribution >= 4 is 5.82 Å². The standard InChI is InChI=1S/C14H24N4O/c1-9(2)12-16-13(18-15)10(3)14(17-12)19-8-11-6-4-5-7-11/h9,11H,4-8,15H2,1-3H3,(H,16,17,18). The average Bonchev–Trinajstić information content (AvgIpc) is 2.90. The number of ether oxygens (including phenoxy) is 1. The van der Waals surface area contributed by atoms with Gasteiger partial charge in [-0.1, -0.05) is 26.7 Å². The molecule has 5 heteroatoms. The van der Waals surface area contributed by atoms with Gasteiger partial charge in [-0.2, -0.15) is 4.98 Å². The fourth-order valence-electron chi connectivity index (χ4n) is 2.43. The van der Waals surface area contributed by atoms with Crippen LogP contribution in [0.3, 0.4) is 0 Å². The third kappa shape index (κ3) is 3.35. The lowest BCUT2D eigenvalue weighted by Crippen LogP contribution is -2.16. The minimum atomic E-state index is 0.251. The Labute approximate surface area is 114 Å². The summed E-state index contributed by atoms with van der Waals surface area (Å²) in [6.07, 6.45) is 5.18. The van der Waals surface area contributed by atoms with Crippen molar-refractivity contribution in [2.75, 3.05) is 12.0 Å². The molecule has 1 aromatic heterocycles. The Balaban J connectivity index is 2.14. The molecule has 1 aliphatic carbocycles. The molecule has 1 aromatic rings.